The molecule has 1 aromatic carbocycles. The summed E-state index contributed by atoms with van der Waals surface area (Å²) in [5.74, 6) is 0.0867. The average molecular weight is 390 g/mol. The zero-order valence-electron chi connectivity index (χ0n) is 14.6. The number of aromatic nitrogens is 4. The molecule has 3 aromatic rings. The normalized spacial score (nSPS) is 11.0. The second-order valence-electron chi connectivity index (χ2n) is 5.79. The van der Waals surface area contributed by atoms with E-state index in [0.717, 1.165) is 18.5 Å². The van der Waals surface area contributed by atoms with E-state index in [-0.39, 0.29) is 17.2 Å². The van der Waals surface area contributed by atoms with Gasteiger partial charge in [0.25, 0.3) is 5.56 Å². The molecule has 1 amide bonds. The minimum Gasteiger partial charge on any atom is -0.325 e. The molecule has 7 nitrogen and oxygen atoms in total. The molecule has 1 N–H and O–H groups in total. The van der Waals surface area contributed by atoms with Crippen molar-refractivity contribution in [3.8, 4) is 0 Å². The van der Waals surface area contributed by atoms with Gasteiger partial charge in [0.05, 0.1) is 5.75 Å². The van der Waals surface area contributed by atoms with Gasteiger partial charge >= 0.3 is 0 Å². The first-order valence-corrected chi connectivity index (χ1v) is 10.1. The Hall–Kier alpha value is -2.26. The molecule has 2 heterocycles. The Kier molecular flexibility index (Phi) is 6.00. The molecule has 136 valence electrons. The van der Waals surface area contributed by atoms with Crippen LogP contribution in [0, 0.1) is 6.92 Å². The predicted molar refractivity (Wildman–Crippen MR) is 104 cm³/mol. The standard InChI is InChI=1S/C17H19N5O2S2/c1-3-4-5-12-6-8-13(9-7-12)18-14(23)10-25-17-21-22-15(24)11(2)19-20-16(22)26-17/h6-9H,3-5,10H2,1-2H3,(H,18,23). The molecule has 0 radical (unpaired) electrons. The van der Waals surface area contributed by atoms with E-state index >= 15 is 0 Å². The first-order valence-electron chi connectivity index (χ1n) is 8.31. The van der Waals surface area contributed by atoms with E-state index < -0.39 is 0 Å². The molecule has 0 aliphatic rings. The number of carbonyl (C=O) groups excluding carboxylic acids is 1. The highest BCUT2D eigenvalue weighted by atomic mass is 32.2. The molecule has 0 unspecified atom stereocenters. The number of hydrogen-bond acceptors (Lipinski definition) is 7. The van der Waals surface area contributed by atoms with Gasteiger partial charge in [-0.25, -0.2) is 0 Å². The Balaban J connectivity index is 1.57. The van der Waals surface area contributed by atoms with Gasteiger partial charge in [0, 0.05) is 5.69 Å². The van der Waals surface area contributed by atoms with Gasteiger partial charge in [-0.2, -0.15) is 4.52 Å². The van der Waals surface area contributed by atoms with Gasteiger partial charge in [0.1, 0.15) is 5.69 Å². The van der Waals surface area contributed by atoms with Gasteiger partial charge in [-0.1, -0.05) is 48.6 Å². The number of unbranched alkanes of at least 4 members (excludes halogenated alkanes) is 1. The summed E-state index contributed by atoms with van der Waals surface area (Å²) in [6.45, 7) is 3.76. The van der Waals surface area contributed by atoms with Crippen molar-refractivity contribution in [1.29, 1.82) is 0 Å². The highest BCUT2D eigenvalue weighted by molar-refractivity contribution is 8.01. The molecule has 0 atom stereocenters. The number of carbonyl (C=O) groups is 1. The third-order valence-corrected chi connectivity index (χ3v) is 5.74. The topological polar surface area (TPSA) is 89.3 Å². The van der Waals surface area contributed by atoms with Crippen molar-refractivity contribution in [1.82, 2.24) is 19.8 Å². The fourth-order valence-corrected chi connectivity index (χ4v) is 3.97. The molecule has 0 bridgehead atoms. The maximum absolute atomic E-state index is 12.1. The van der Waals surface area contributed by atoms with E-state index in [2.05, 4.69) is 27.5 Å². The lowest BCUT2D eigenvalue weighted by molar-refractivity contribution is -0.113. The van der Waals surface area contributed by atoms with Crippen LogP contribution in [0.5, 0.6) is 0 Å². The van der Waals surface area contributed by atoms with E-state index in [4.69, 9.17) is 0 Å². The number of hydrogen-bond donors (Lipinski definition) is 1. The molecule has 26 heavy (non-hydrogen) atoms. The molecular formula is C17H19N5O2S2. The summed E-state index contributed by atoms with van der Waals surface area (Å²) in [5, 5.41) is 14.8. The fraction of sp³-hybridized carbons (Fsp3) is 0.353. The van der Waals surface area contributed by atoms with Crippen LogP contribution >= 0.6 is 23.1 Å². The van der Waals surface area contributed by atoms with Gasteiger partial charge in [-0.3, -0.25) is 9.59 Å². The number of nitrogens with one attached hydrogen (secondary N) is 1. The number of nitrogens with zero attached hydrogens (tertiary/aromatic N) is 4. The Morgan fingerprint density at radius 2 is 2.04 bits per heavy atom. The first kappa shape index (κ1) is 18.5. The third-order valence-electron chi connectivity index (χ3n) is 3.71. The molecule has 2 aromatic heterocycles. The van der Waals surface area contributed by atoms with Crippen molar-refractivity contribution in [2.75, 3.05) is 11.1 Å². The highest BCUT2D eigenvalue weighted by Crippen LogP contribution is 2.23. The zero-order chi connectivity index (χ0) is 18.5. The van der Waals surface area contributed by atoms with Crippen molar-refractivity contribution in [2.45, 2.75) is 37.4 Å². The monoisotopic (exact) mass is 389 g/mol. The van der Waals surface area contributed by atoms with Crippen molar-refractivity contribution in [3.05, 3.63) is 45.9 Å². The van der Waals surface area contributed by atoms with Crippen LogP contribution in [0.3, 0.4) is 0 Å². The van der Waals surface area contributed by atoms with Crippen LogP contribution in [-0.4, -0.2) is 31.5 Å². The Morgan fingerprint density at radius 1 is 1.27 bits per heavy atom. The van der Waals surface area contributed by atoms with Crippen LogP contribution < -0.4 is 10.9 Å². The Morgan fingerprint density at radius 3 is 2.77 bits per heavy atom. The maximum Gasteiger partial charge on any atom is 0.296 e. The molecule has 9 heteroatoms. The van der Waals surface area contributed by atoms with Crippen LogP contribution in [0.2, 0.25) is 0 Å². The van der Waals surface area contributed by atoms with E-state index in [1.165, 1.54) is 39.6 Å². The summed E-state index contributed by atoms with van der Waals surface area (Å²) < 4.78 is 1.83. The Labute approximate surface area is 158 Å². The summed E-state index contributed by atoms with van der Waals surface area (Å²) in [5.41, 5.74) is 2.06. The Bertz CT molecular complexity index is 965. The summed E-state index contributed by atoms with van der Waals surface area (Å²) in [6.07, 6.45) is 3.39. The summed E-state index contributed by atoms with van der Waals surface area (Å²) >= 11 is 2.51. The van der Waals surface area contributed by atoms with Crippen LogP contribution in [0.25, 0.3) is 4.96 Å². The van der Waals surface area contributed by atoms with Gasteiger partial charge < -0.3 is 5.32 Å². The van der Waals surface area contributed by atoms with E-state index in [9.17, 15) is 9.59 Å². The SMILES string of the molecule is CCCCc1ccc(NC(=O)CSc2nn3c(=O)c(C)nnc3s2)cc1. The van der Waals surface area contributed by atoms with Crippen molar-refractivity contribution in [3.63, 3.8) is 0 Å². The quantitative estimate of drug-likeness (QED) is 0.625. The van der Waals surface area contributed by atoms with Crippen LogP contribution in [0.1, 0.15) is 31.0 Å². The average Bonchev–Trinajstić information content (AvgIpc) is 3.07. The highest BCUT2D eigenvalue weighted by Gasteiger charge is 2.11. The lowest BCUT2D eigenvalue weighted by Gasteiger charge is -2.05. The minimum absolute atomic E-state index is 0.120. The zero-order valence-corrected chi connectivity index (χ0v) is 16.2. The van der Waals surface area contributed by atoms with Crippen molar-refractivity contribution in [2.24, 2.45) is 0 Å². The third kappa shape index (κ3) is 4.47. The molecule has 3 rings (SSSR count). The molecule has 0 spiro atoms. The second kappa shape index (κ2) is 8.41. The molecule has 0 aliphatic carbocycles. The van der Waals surface area contributed by atoms with Crippen molar-refractivity contribution >= 4 is 39.7 Å². The lowest BCUT2D eigenvalue weighted by Crippen LogP contribution is -2.19. The molecule has 0 saturated heterocycles. The number of thioether (sulfide) groups is 1. The van der Waals surface area contributed by atoms with E-state index in [1.54, 1.807) is 6.92 Å². The summed E-state index contributed by atoms with van der Waals surface area (Å²) in [7, 11) is 0. The van der Waals surface area contributed by atoms with E-state index in [0.29, 0.717) is 15.0 Å². The molecular weight excluding hydrogens is 370 g/mol. The number of aryl methyl sites for hydroxylation is 2. The molecule has 0 saturated carbocycles. The van der Waals surface area contributed by atoms with Crippen LogP contribution in [-0.2, 0) is 11.2 Å². The number of rotatable bonds is 7. The number of anilines is 1. The first-order chi connectivity index (χ1) is 12.6. The number of amides is 1. The minimum atomic E-state index is -0.286. The van der Waals surface area contributed by atoms with Gasteiger partial charge in [-0.05, 0) is 37.5 Å². The van der Waals surface area contributed by atoms with Gasteiger partial charge in [0.15, 0.2) is 4.34 Å². The molecule has 0 fully saturated rings. The summed E-state index contributed by atoms with van der Waals surface area (Å²) in [4.78, 5) is 24.5. The largest absolute Gasteiger partial charge is 0.325 e. The predicted octanol–water partition coefficient (Wildman–Crippen LogP) is 2.93. The lowest BCUT2D eigenvalue weighted by atomic mass is 10.1. The van der Waals surface area contributed by atoms with Crippen LogP contribution in [0.15, 0.2) is 33.4 Å². The van der Waals surface area contributed by atoms with Crippen molar-refractivity contribution < 1.29 is 4.79 Å². The summed E-state index contributed by atoms with van der Waals surface area (Å²) in [6, 6.07) is 7.92. The molecule has 0 aliphatic heterocycles. The second-order valence-corrected chi connectivity index (χ2v) is 7.97. The van der Waals surface area contributed by atoms with E-state index in [1.807, 2.05) is 24.3 Å². The smallest absolute Gasteiger partial charge is 0.296 e. The van der Waals surface area contributed by atoms with Gasteiger partial charge in [0.2, 0.25) is 10.9 Å². The fourth-order valence-electron chi connectivity index (χ4n) is 2.29. The number of fused-ring (bicyclic) bond motifs is 1. The number of benzene rings is 1. The maximum atomic E-state index is 12.1. The van der Waals surface area contributed by atoms with Gasteiger partial charge in [-0.15, -0.1) is 15.3 Å². The van der Waals surface area contributed by atoms with Crippen LogP contribution in [0.4, 0.5) is 5.69 Å².